The topological polar surface area (TPSA) is 97.8 Å². The highest BCUT2D eigenvalue weighted by atomic mass is 19.4. The van der Waals surface area contributed by atoms with Gasteiger partial charge < -0.3 is 24.6 Å². The minimum atomic E-state index is -4.52. The van der Waals surface area contributed by atoms with Crippen LogP contribution in [-0.4, -0.2) is 79.9 Å². The first-order chi connectivity index (χ1) is 22.5. The predicted octanol–water partition coefficient (Wildman–Crippen LogP) is 6.04. The number of pyridine rings is 2. The number of aliphatic hydroxyl groups excluding tert-OH is 1. The summed E-state index contributed by atoms with van der Waals surface area (Å²) in [5.41, 5.74) is 2.86. The first kappa shape index (κ1) is 32.9. The van der Waals surface area contributed by atoms with Crippen molar-refractivity contribution in [2.45, 2.75) is 64.9 Å². The number of rotatable bonds is 9. The fraction of sp³-hybridized carbons (Fsp3) is 0.457. The lowest BCUT2D eigenvalue weighted by molar-refractivity contribution is -0.139. The van der Waals surface area contributed by atoms with Gasteiger partial charge in [-0.2, -0.15) is 13.2 Å². The molecule has 2 atom stereocenters. The largest absolute Gasteiger partial charge is 0.455 e. The summed E-state index contributed by atoms with van der Waals surface area (Å²) < 4.78 is 48.9. The fourth-order valence-corrected chi connectivity index (χ4v) is 6.57. The smallest absolute Gasteiger partial charge is 0.416 e. The van der Waals surface area contributed by atoms with E-state index in [4.69, 9.17) is 9.72 Å². The maximum atomic E-state index is 14.2. The number of ether oxygens (including phenoxy) is 1. The molecule has 5 heterocycles. The second-order valence-corrected chi connectivity index (χ2v) is 12.5. The zero-order chi connectivity index (χ0) is 33.3. The van der Waals surface area contributed by atoms with Crippen LogP contribution < -0.4 is 4.74 Å². The van der Waals surface area contributed by atoms with Crippen LogP contribution in [0.3, 0.4) is 0 Å². The molecule has 3 aromatic heterocycles. The molecule has 0 spiro atoms. The molecule has 250 valence electrons. The van der Waals surface area contributed by atoms with Crippen LogP contribution in [0.4, 0.5) is 13.2 Å². The highest BCUT2D eigenvalue weighted by Crippen LogP contribution is 2.36. The Balaban J connectivity index is 1.18. The van der Waals surface area contributed by atoms with E-state index >= 15 is 0 Å². The molecule has 9 nitrogen and oxygen atoms in total. The number of aliphatic hydroxyl groups is 1. The SMILES string of the molecule is CCC1CN(C(=O)Cc2ccc(CN3CCN(CC)CC3)c(C(F)(F)F)c2)Cc2cc(Oc3ccnc4[nH]c(C(C)O)cc34)cnc21. The van der Waals surface area contributed by atoms with Crippen LogP contribution in [0, 0.1) is 0 Å². The third-order valence-electron chi connectivity index (χ3n) is 9.34. The molecular weight excluding hydrogens is 609 g/mol. The molecule has 0 radical (unpaired) electrons. The number of alkyl halides is 3. The van der Waals surface area contributed by atoms with Crippen molar-refractivity contribution in [3.8, 4) is 11.5 Å². The van der Waals surface area contributed by atoms with Crippen molar-refractivity contribution in [3.63, 3.8) is 0 Å². The second kappa shape index (κ2) is 13.6. The zero-order valence-corrected chi connectivity index (χ0v) is 27.0. The highest BCUT2D eigenvalue weighted by molar-refractivity contribution is 5.84. The van der Waals surface area contributed by atoms with E-state index in [1.165, 1.54) is 6.07 Å². The first-order valence-corrected chi connectivity index (χ1v) is 16.3. The number of nitrogens with one attached hydrogen (secondary N) is 1. The van der Waals surface area contributed by atoms with Crippen LogP contribution in [-0.2, 0) is 30.5 Å². The van der Waals surface area contributed by atoms with Crippen molar-refractivity contribution in [1.29, 1.82) is 0 Å². The lowest BCUT2D eigenvalue weighted by atomic mass is 9.92. The third kappa shape index (κ3) is 7.29. The maximum Gasteiger partial charge on any atom is 0.416 e. The molecule has 1 amide bonds. The average Bonchev–Trinajstić information content (AvgIpc) is 3.51. The molecule has 6 rings (SSSR count). The molecule has 1 saturated heterocycles. The van der Waals surface area contributed by atoms with Crippen LogP contribution >= 0.6 is 0 Å². The number of piperazine rings is 1. The number of carbonyl (C=O) groups is 1. The average molecular weight is 651 g/mol. The number of benzene rings is 1. The Morgan fingerprint density at radius 1 is 1.09 bits per heavy atom. The minimum absolute atomic E-state index is 0.0102. The number of H-pyrrole nitrogens is 1. The van der Waals surface area contributed by atoms with Gasteiger partial charge in [0.2, 0.25) is 5.91 Å². The fourth-order valence-electron chi connectivity index (χ4n) is 6.57. The van der Waals surface area contributed by atoms with E-state index in [1.54, 1.807) is 42.4 Å². The highest BCUT2D eigenvalue weighted by Gasteiger charge is 2.35. The van der Waals surface area contributed by atoms with Crippen LogP contribution in [0.2, 0.25) is 0 Å². The van der Waals surface area contributed by atoms with E-state index in [0.29, 0.717) is 40.3 Å². The van der Waals surface area contributed by atoms with Gasteiger partial charge in [0.25, 0.3) is 0 Å². The summed E-state index contributed by atoms with van der Waals surface area (Å²) in [7, 11) is 0. The van der Waals surface area contributed by atoms with E-state index < -0.39 is 17.8 Å². The predicted molar refractivity (Wildman–Crippen MR) is 172 cm³/mol. The first-order valence-electron chi connectivity index (χ1n) is 16.3. The summed E-state index contributed by atoms with van der Waals surface area (Å²) >= 11 is 0. The summed E-state index contributed by atoms with van der Waals surface area (Å²) in [6, 6.07) is 9.75. The standard InChI is InChI=1S/C35H41F3N6O3/c1-4-24-20-44(21-26-16-27(18-40-33(24)26)47-31-8-9-39-34-28(31)17-30(41-34)22(3)45)32(46)15-23-6-7-25(29(14-23)35(36,37)38)19-43-12-10-42(5-2)11-13-43/h6-9,14,16-18,22,24,45H,4-5,10-13,15,19-21H2,1-3H3,(H,39,41). The van der Waals surface area contributed by atoms with Gasteiger partial charge in [-0.25, -0.2) is 4.98 Å². The van der Waals surface area contributed by atoms with Gasteiger partial charge in [-0.3, -0.25) is 14.7 Å². The molecule has 1 aromatic carbocycles. The van der Waals surface area contributed by atoms with Gasteiger partial charge in [-0.05, 0) is 60.8 Å². The van der Waals surface area contributed by atoms with Crippen LogP contribution in [0.15, 0.2) is 48.8 Å². The molecule has 12 heteroatoms. The number of hydrogen-bond acceptors (Lipinski definition) is 7. The molecule has 2 aliphatic heterocycles. The van der Waals surface area contributed by atoms with Crippen LogP contribution in [0.5, 0.6) is 11.5 Å². The summed E-state index contributed by atoms with van der Waals surface area (Å²) in [4.78, 5) is 31.8. The van der Waals surface area contributed by atoms with Crippen molar-refractivity contribution in [2.24, 2.45) is 0 Å². The molecule has 2 aliphatic rings. The van der Waals surface area contributed by atoms with Crippen molar-refractivity contribution < 1.29 is 27.8 Å². The molecule has 0 bridgehead atoms. The normalized spacial score (nSPS) is 18.4. The zero-order valence-electron chi connectivity index (χ0n) is 27.0. The number of halogens is 3. The number of amides is 1. The number of aromatic nitrogens is 3. The van der Waals surface area contributed by atoms with Crippen molar-refractivity contribution in [1.82, 2.24) is 29.7 Å². The van der Waals surface area contributed by atoms with Crippen LogP contribution in [0.25, 0.3) is 11.0 Å². The minimum Gasteiger partial charge on any atom is -0.455 e. The van der Waals surface area contributed by atoms with E-state index in [-0.39, 0.29) is 36.9 Å². The Morgan fingerprint density at radius 2 is 1.85 bits per heavy atom. The molecule has 47 heavy (non-hydrogen) atoms. The number of fused-ring (bicyclic) bond motifs is 2. The quantitative estimate of drug-likeness (QED) is 0.228. The van der Waals surface area contributed by atoms with Gasteiger partial charge >= 0.3 is 6.18 Å². The van der Waals surface area contributed by atoms with Gasteiger partial charge in [0.05, 0.1) is 35.4 Å². The second-order valence-electron chi connectivity index (χ2n) is 12.5. The number of hydrogen-bond donors (Lipinski definition) is 2. The van der Waals surface area contributed by atoms with Crippen LogP contribution in [0.1, 0.15) is 72.9 Å². The Kier molecular flexibility index (Phi) is 9.54. The number of likely N-dealkylation sites (N-methyl/N-ethyl adjacent to an activating group) is 1. The molecule has 0 saturated carbocycles. The summed E-state index contributed by atoms with van der Waals surface area (Å²) in [5, 5.41) is 10.7. The van der Waals surface area contributed by atoms with E-state index in [1.807, 2.05) is 13.0 Å². The molecule has 4 aromatic rings. The molecular formula is C35H41F3N6O3. The molecule has 2 unspecified atom stereocenters. The Labute approximate surface area is 272 Å². The summed E-state index contributed by atoms with van der Waals surface area (Å²) in [6.45, 7) is 10.8. The number of carbonyl (C=O) groups excluding carboxylic acids is 1. The number of nitrogens with zero attached hydrogens (tertiary/aromatic N) is 5. The van der Waals surface area contributed by atoms with Crippen molar-refractivity contribution in [2.75, 3.05) is 39.3 Å². The van der Waals surface area contributed by atoms with Crippen molar-refractivity contribution in [3.05, 3.63) is 82.4 Å². The Morgan fingerprint density at radius 3 is 2.55 bits per heavy atom. The molecule has 2 N–H and O–H groups in total. The Bertz CT molecular complexity index is 1730. The summed E-state index contributed by atoms with van der Waals surface area (Å²) in [6.07, 6.45) is -1.30. The summed E-state index contributed by atoms with van der Waals surface area (Å²) in [5.74, 6) is 0.791. The maximum absolute atomic E-state index is 14.2. The lowest BCUT2D eigenvalue weighted by Crippen LogP contribution is -2.45. The van der Waals surface area contributed by atoms with Gasteiger partial charge in [0.1, 0.15) is 17.1 Å². The van der Waals surface area contributed by atoms with Gasteiger partial charge in [0.15, 0.2) is 0 Å². The molecule has 0 aliphatic carbocycles. The van der Waals surface area contributed by atoms with E-state index in [9.17, 15) is 23.1 Å². The van der Waals surface area contributed by atoms with Gasteiger partial charge in [0, 0.05) is 63.6 Å². The monoisotopic (exact) mass is 650 g/mol. The van der Waals surface area contributed by atoms with E-state index in [0.717, 1.165) is 56.5 Å². The van der Waals surface area contributed by atoms with Gasteiger partial charge in [-0.1, -0.05) is 26.0 Å². The van der Waals surface area contributed by atoms with Gasteiger partial charge in [-0.15, -0.1) is 0 Å². The Hall–Kier alpha value is -4.00. The number of aromatic amines is 1. The lowest BCUT2D eigenvalue weighted by Gasteiger charge is -2.34. The third-order valence-corrected chi connectivity index (χ3v) is 9.34. The molecule has 1 fully saturated rings. The van der Waals surface area contributed by atoms with E-state index in [2.05, 4.69) is 26.7 Å². The van der Waals surface area contributed by atoms with Crippen molar-refractivity contribution >= 4 is 16.9 Å².